The number of sulfonamides is 5. The van der Waals surface area contributed by atoms with Crippen LogP contribution >= 0.6 is 0 Å². The van der Waals surface area contributed by atoms with Crippen molar-refractivity contribution >= 4 is 107 Å². The van der Waals surface area contributed by atoms with Crippen LogP contribution in [0.3, 0.4) is 0 Å². The number of fused-ring (bicyclic) bond motifs is 5. The summed E-state index contributed by atoms with van der Waals surface area (Å²) in [6.07, 6.45) is 14.2. The molecule has 6 N–H and O–H groups in total. The molecule has 15 aromatic rings. The first-order chi connectivity index (χ1) is 58.1. The Morgan fingerprint density at radius 3 is 0.811 bits per heavy atom. The van der Waals surface area contributed by atoms with Gasteiger partial charge in [0.05, 0.1) is 65.1 Å². The fourth-order valence-electron chi connectivity index (χ4n) is 13.0. The van der Waals surface area contributed by atoms with Gasteiger partial charge in [0.25, 0.3) is 50.1 Å². The Morgan fingerprint density at radius 1 is 0.328 bits per heavy atom. The van der Waals surface area contributed by atoms with Crippen molar-refractivity contribution in [2.45, 2.75) is 171 Å². The van der Waals surface area contributed by atoms with Crippen LogP contribution in [0.15, 0.2) is 237 Å². The van der Waals surface area contributed by atoms with Crippen LogP contribution in [0.25, 0.3) is 28.2 Å². The molecule has 39 heteroatoms. The van der Waals surface area contributed by atoms with E-state index in [4.69, 9.17) is 5.11 Å². The van der Waals surface area contributed by atoms with Gasteiger partial charge in [-0.15, -0.1) is 0 Å². The maximum Gasteiger partial charge on any atom is 0.416 e. The quantitative estimate of drug-likeness (QED) is 0.0389. The average Bonchev–Trinajstić information content (AvgIpc) is 1.60. The molecule has 5 aliphatic rings. The fraction of sp³-hybridized carbons (Fsp3) is 0.277. The summed E-state index contributed by atoms with van der Waals surface area (Å²) < 4.78 is 185. The minimum Gasteiger partial charge on any atom is -0.392 e. The van der Waals surface area contributed by atoms with E-state index >= 15 is 0 Å². The number of aryl methyl sites for hydroxylation is 2. The third-order valence-corrected chi connectivity index (χ3v) is 27.5. The molecule has 5 saturated carbocycles. The van der Waals surface area contributed by atoms with E-state index in [9.17, 15) is 55.3 Å². The topological polar surface area (TPSA) is 402 Å². The van der Waals surface area contributed by atoms with E-state index in [0.29, 0.717) is 92.7 Å². The second-order valence-electron chi connectivity index (χ2n) is 31.5. The largest absolute Gasteiger partial charge is 0.416 e. The van der Waals surface area contributed by atoms with E-state index in [1.54, 1.807) is 141 Å². The fourth-order valence-corrected chi connectivity index (χ4v) is 18.3. The van der Waals surface area contributed by atoms with Crippen LogP contribution in [-0.4, -0.2) is 120 Å². The molecule has 5 aromatic carbocycles. The summed E-state index contributed by atoms with van der Waals surface area (Å²) in [5, 5.41) is 31.4. The molecule has 0 radical (unpaired) electrons. The molecule has 10 aromatic heterocycles. The lowest BCUT2D eigenvalue weighted by Crippen LogP contribution is -2.17. The molecule has 10 heterocycles. The van der Waals surface area contributed by atoms with Gasteiger partial charge < -0.3 is 5.11 Å². The number of aliphatic hydroxyl groups is 1. The van der Waals surface area contributed by atoms with Crippen LogP contribution < -0.4 is 23.6 Å². The van der Waals surface area contributed by atoms with E-state index < -0.39 is 66.8 Å². The minimum atomic E-state index is -4.63. The summed E-state index contributed by atoms with van der Waals surface area (Å²) in [5.41, 5.74) is 10.4. The summed E-state index contributed by atoms with van der Waals surface area (Å²) in [6.45, 7) is 9.99. The predicted octanol–water partition coefficient (Wildman–Crippen LogP) is 14.5. The number of anilines is 5. The van der Waals surface area contributed by atoms with Crippen LogP contribution in [-0.2, 0) is 68.3 Å². The molecule has 0 atom stereocenters. The lowest BCUT2D eigenvalue weighted by Gasteiger charge is -2.19. The third-order valence-electron chi connectivity index (χ3n) is 20.6. The maximum absolute atomic E-state index is 12.8. The van der Waals surface area contributed by atoms with E-state index in [1.165, 1.54) is 33.4 Å². The second kappa shape index (κ2) is 32.9. The van der Waals surface area contributed by atoms with Gasteiger partial charge in [0.15, 0.2) is 28.2 Å². The summed E-state index contributed by atoms with van der Waals surface area (Å²) >= 11 is 0. The first-order valence-corrected chi connectivity index (χ1v) is 46.5. The number of benzene rings is 5. The number of hydrogen-bond acceptors (Lipinski definition) is 21. The number of nitrogens with one attached hydrogen (secondary N) is 5. The first-order valence-electron chi connectivity index (χ1n) is 39.1. The zero-order valence-corrected chi connectivity index (χ0v) is 70.4. The van der Waals surface area contributed by atoms with E-state index in [-0.39, 0.29) is 37.4 Å². The van der Waals surface area contributed by atoms with Crippen molar-refractivity contribution in [3.05, 3.63) is 269 Å². The smallest absolute Gasteiger partial charge is 0.392 e. The Kier molecular flexibility index (Phi) is 22.5. The zero-order chi connectivity index (χ0) is 85.8. The minimum absolute atomic E-state index is 0.0265. The van der Waals surface area contributed by atoms with Gasteiger partial charge in [-0.05, 0) is 192 Å². The van der Waals surface area contributed by atoms with Crippen LogP contribution in [0.4, 0.5) is 42.3 Å². The molecule has 632 valence electrons. The van der Waals surface area contributed by atoms with Crippen molar-refractivity contribution in [1.82, 2.24) is 73.0 Å². The maximum atomic E-state index is 12.8. The molecule has 31 nitrogen and oxygen atoms in total. The highest BCUT2D eigenvalue weighted by Gasteiger charge is 2.35. The van der Waals surface area contributed by atoms with Gasteiger partial charge >= 0.3 is 6.18 Å². The zero-order valence-electron chi connectivity index (χ0n) is 66.3. The first kappa shape index (κ1) is 83.4. The summed E-state index contributed by atoms with van der Waals surface area (Å²) in [7, 11) is -19.0. The third kappa shape index (κ3) is 19.4. The number of halogens is 3. The molecule has 122 heavy (non-hydrogen) atoms. The van der Waals surface area contributed by atoms with Gasteiger partial charge in [-0.2, -0.15) is 61.2 Å². The Morgan fingerprint density at radius 2 is 0.574 bits per heavy atom. The molecular formula is C83H83F3N20O11S5. The number of nitrogens with zero attached hydrogens (tertiary/aromatic N) is 15. The Bertz CT molecular complexity index is 6890. The van der Waals surface area contributed by atoms with Gasteiger partial charge in [-0.3, -0.25) is 23.6 Å². The van der Waals surface area contributed by atoms with Crippen LogP contribution in [0.2, 0.25) is 0 Å². The SMILES string of the molecule is CC(C)(C)c1ccc(S(=O)(=O)Nc2ccnc3cc(C4CC4)nn23)cc1.Cc1ccc(S(=O)(=O)Nc2ccnc3cc(C4CC4)nn23)cc1.Cc1ccc(S(=O)(=O)Nc2ccnc3cc(C4CC4)nn23)cc1.O=S(=O)(Nc1ccnc2cc(C3CC3)nn12)c1ccc(CO)cc1.O=S(=O)(Nc1ccnc2cc(C3CC3)nn12)c1cccc(C(F)(F)F)c1. The van der Waals surface area contributed by atoms with Crippen molar-refractivity contribution in [3.63, 3.8) is 0 Å². The van der Waals surface area contributed by atoms with Crippen LogP contribution in [0, 0.1) is 13.8 Å². The van der Waals surface area contributed by atoms with Crippen molar-refractivity contribution in [3.8, 4) is 0 Å². The molecule has 0 saturated heterocycles. The molecule has 0 amide bonds. The van der Waals surface area contributed by atoms with E-state index in [0.717, 1.165) is 128 Å². The normalized spacial score (nSPS) is 15.1. The second-order valence-corrected chi connectivity index (χ2v) is 39.9. The number of aliphatic hydroxyl groups excluding tert-OH is 1. The molecule has 0 unspecified atom stereocenters. The lowest BCUT2D eigenvalue weighted by atomic mass is 9.87. The van der Waals surface area contributed by atoms with Crippen LogP contribution in [0.1, 0.15) is 171 Å². The highest BCUT2D eigenvalue weighted by atomic mass is 32.2. The Hall–Kier alpha value is -12.3. The van der Waals surface area contributed by atoms with Crippen LogP contribution in [0.5, 0.6) is 0 Å². The van der Waals surface area contributed by atoms with Gasteiger partial charge in [0, 0.05) is 90.9 Å². The summed E-state index contributed by atoms with van der Waals surface area (Å²) in [5.74, 6) is 3.89. The van der Waals surface area contributed by atoms with E-state index in [1.807, 2.05) is 50.2 Å². The van der Waals surface area contributed by atoms with E-state index in [2.05, 4.69) is 94.8 Å². The number of aromatic nitrogens is 15. The van der Waals surface area contributed by atoms with Crippen molar-refractivity contribution < 1.29 is 60.4 Å². The lowest BCUT2D eigenvalue weighted by molar-refractivity contribution is -0.137. The molecule has 0 spiro atoms. The van der Waals surface area contributed by atoms with Gasteiger partial charge in [0.1, 0.15) is 29.1 Å². The summed E-state index contributed by atoms with van der Waals surface area (Å²) in [4.78, 5) is 21.5. The Labute approximate surface area is 700 Å². The number of hydrogen-bond donors (Lipinski definition) is 6. The van der Waals surface area contributed by atoms with Gasteiger partial charge in [0.2, 0.25) is 0 Å². The molecule has 0 aliphatic heterocycles. The van der Waals surface area contributed by atoms with Crippen molar-refractivity contribution in [2.24, 2.45) is 0 Å². The predicted molar refractivity (Wildman–Crippen MR) is 450 cm³/mol. The van der Waals surface area contributed by atoms with Crippen molar-refractivity contribution in [1.29, 1.82) is 0 Å². The molecule has 20 rings (SSSR count). The average molecular weight is 1750 g/mol. The number of alkyl halides is 3. The highest BCUT2D eigenvalue weighted by Crippen LogP contribution is 2.44. The Balaban J connectivity index is 0.000000113. The van der Waals surface area contributed by atoms with Gasteiger partial charge in [-0.25, -0.2) is 67.0 Å². The standard InChI is InChI=1S/C19H22N4O2S.C16H13F3N4O2S.C16H16N4O3S.2C16H16N4O2S/c1-19(2,3)14-6-8-15(9-7-14)26(24,25)22-17-10-11-20-18-12-16(13-4-5-13)21-23(17)18;17-16(18,19)11-2-1-3-12(8-11)26(24,25)22-14-6-7-20-15-9-13(10-4-5-10)21-23(14)15;21-10-11-1-5-13(6-2-11)24(22,23)19-15-7-8-17-16-9-14(12-3-4-12)18-20(15)16;2*1-11-2-6-13(7-3-11)23(21,22)19-15-8-9-17-16-10-14(12-4-5-12)18-20(15)16/h6-13,22H,4-5H2,1-3H3;1-3,6-10,22H,4-5H2;1-2,5-9,12,19,21H,3-4,10H2;2*2-3,6-10,12,19H,4-5H2,1H3. The highest BCUT2D eigenvalue weighted by molar-refractivity contribution is 7.94. The molecular weight excluding hydrogens is 1670 g/mol. The number of rotatable bonds is 21. The monoisotopic (exact) mass is 1750 g/mol. The molecule has 5 aliphatic carbocycles. The molecule has 5 fully saturated rings. The molecule has 0 bridgehead atoms. The van der Waals surface area contributed by atoms with Crippen molar-refractivity contribution in [2.75, 3.05) is 23.6 Å². The van der Waals surface area contributed by atoms with Gasteiger partial charge in [-0.1, -0.05) is 86.5 Å². The summed E-state index contributed by atoms with van der Waals surface area (Å²) in [6, 6.07) is 47.4.